The number of amides is 1. The Bertz CT molecular complexity index is 1130. The first-order valence-electron chi connectivity index (χ1n) is 9.48. The van der Waals surface area contributed by atoms with Crippen molar-refractivity contribution in [2.24, 2.45) is 0 Å². The standard InChI is InChI=1S/C23H24N2O3S2/c1-16-8-7-11-22(17(16)2)24-23(26)18(3)29-20-14-12-19(13-15-20)25-30(27,28)21-9-5-4-6-10-21/h4-15,18,25H,1-3H3,(H,24,26). The van der Waals surface area contributed by atoms with Crippen molar-refractivity contribution in [3.63, 3.8) is 0 Å². The second kappa shape index (κ2) is 9.36. The van der Waals surface area contributed by atoms with E-state index >= 15 is 0 Å². The van der Waals surface area contributed by atoms with Gasteiger partial charge in [-0.1, -0.05) is 30.3 Å². The number of rotatable bonds is 7. The molecule has 0 spiro atoms. The van der Waals surface area contributed by atoms with E-state index in [1.807, 2.05) is 39.0 Å². The average Bonchev–Trinajstić information content (AvgIpc) is 2.73. The molecule has 3 aromatic carbocycles. The number of carbonyl (C=O) groups excluding carboxylic acids is 1. The lowest BCUT2D eigenvalue weighted by molar-refractivity contribution is -0.115. The molecule has 1 atom stereocenters. The molecule has 7 heteroatoms. The van der Waals surface area contributed by atoms with Crippen molar-refractivity contribution in [3.05, 3.63) is 83.9 Å². The quantitative estimate of drug-likeness (QED) is 0.494. The fraction of sp³-hybridized carbons (Fsp3) is 0.174. The van der Waals surface area contributed by atoms with Gasteiger partial charge in [-0.25, -0.2) is 8.42 Å². The fourth-order valence-corrected chi connectivity index (χ4v) is 4.74. The van der Waals surface area contributed by atoms with Crippen molar-refractivity contribution in [2.45, 2.75) is 35.8 Å². The number of thioether (sulfide) groups is 1. The van der Waals surface area contributed by atoms with E-state index in [9.17, 15) is 13.2 Å². The SMILES string of the molecule is Cc1cccc(NC(=O)C(C)Sc2ccc(NS(=O)(=O)c3ccccc3)cc2)c1C. The molecule has 0 heterocycles. The summed E-state index contributed by atoms with van der Waals surface area (Å²) in [5.74, 6) is -0.0810. The number of nitrogens with one attached hydrogen (secondary N) is 2. The summed E-state index contributed by atoms with van der Waals surface area (Å²) < 4.78 is 27.4. The Morgan fingerprint density at radius 2 is 1.57 bits per heavy atom. The number of sulfonamides is 1. The number of carbonyl (C=O) groups is 1. The number of aryl methyl sites for hydroxylation is 1. The third-order valence-corrected chi connectivity index (χ3v) is 7.21. The molecule has 0 saturated carbocycles. The lowest BCUT2D eigenvalue weighted by atomic mass is 10.1. The van der Waals surface area contributed by atoms with E-state index in [4.69, 9.17) is 0 Å². The Morgan fingerprint density at radius 1 is 0.900 bits per heavy atom. The van der Waals surface area contributed by atoms with Gasteiger partial charge in [0.25, 0.3) is 10.0 Å². The molecule has 1 unspecified atom stereocenters. The summed E-state index contributed by atoms with van der Waals surface area (Å²) in [7, 11) is -3.63. The molecular weight excluding hydrogens is 416 g/mol. The van der Waals surface area contributed by atoms with Crippen LogP contribution in [0.3, 0.4) is 0 Å². The highest BCUT2D eigenvalue weighted by atomic mass is 32.2. The zero-order valence-corrected chi connectivity index (χ0v) is 18.7. The van der Waals surface area contributed by atoms with Crippen molar-refractivity contribution in [3.8, 4) is 0 Å². The summed E-state index contributed by atoms with van der Waals surface area (Å²) in [4.78, 5) is 13.7. The summed E-state index contributed by atoms with van der Waals surface area (Å²) in [5.41, 5.74) is 3.47. The number of anilines is 2. The molecule has 1 amide bonds. The largest absolute Gasteiger partial charge is 0.325 e. The first-order valence-corrected chi connectivity index (χ1v) is 11.8. The van der Waals surface area contributed by atoms with Crippen LogP contribution in [0, 0.1) is 13.8 Å². The molecule has 0 fully saturated rings. The fourth-order valence-electron chi connectivity index (χ4n) is 2.79. The van der Waals surface area contributed by atoms with Gasteiger partial charge in [-0.05, 0) is 74.4 Å². The van der Waals surface area contributed by atoms with Gasteiger partial charge in [0.05, 0.1) is 10.1 Å². The predicted molar refractivity (Wildman–Crippen MR) is 124 cm³/mol. The number of hydrogen-bond donors (Lipinski definition) is 2. The maximum atomic E-state index is 12.6. The Labute approximate surface area is 182 Å². The van der Waals surface area contributed by atoms with Crippen LogP contribution in [0.2, 0.25) is 0 Å². The first-order chi connectivity index (χ1) is 14.3. The third kappa shape index (κ3) is 5.43. The van der Waals surface area contributed by atoms with E-state index < -0.39 is 10.0 Å². The highest BCUT2D eigenvalue weighted by molar-refractivity contribution is 8.00. The summed E-state index contributed by atoms with van der Waals surface area (Å²) in [5, 5.41) is 2.67. The highest BCUT2D eigenvalue weighted by Crippen LogP contribution is 2.27. The first kappa shape index (κ1) is 21.9. The molecule has 2 N–H and O–H groups in total. The molecule has 156 valence electrons. The zero-order chi connectivity index (χ0) is 21.7. The van der Waals surface area contributed by atoms with E-state index in [-0.39, 0.29) is 16.1 Å². The average molecular weight is 441 g/mol. The van der Waals surface area contributed by atoms with Crippen molar-refractivity contribution in [2.75, 3.05) is 10.0 Å². The highest BCUT2D eigenvalue weighted by Gasteiger charge is 2.17. The molecule has 0 aliphatic carbocycles. The van der Waals surface area contributed by atoms with Crippen LogP contribution in [-0.4, -0.2) is 19.6 Å². The van der Waals surface area contributed by atoms with Crippen LogP contribution in [-0.2, 0) is 14.8 Å². The van der Waals surface area contributed by atoms with Gasteiger partial charge >= 0.3 is 0 Å². The molecule has 30 heavy (non-hydrogen) atoms. The van der Waals surface area contributed by atoms with Crippen LogP contribution in [0.4, 0.5) is 11.4 Å². The normalized spacial score (nSPS) is 12.2. The molecule has 0 bridgehead atoms. The summed E-state index contributed by atoms with van der Waals surface area (Å²) in [6, 6.07) is 21.0. The zero-order valence-electron chi connectivity index (χ0n) is 17.0. The Hall–Kier alpha value is -2.77. The van der Waals surface area contributed by atoms with E-state index in [0.29, 0.717) is 5.69 Å². The molecule has 3 rings (SSSR count). The van der Waals surface area contributed by atoms with Crippen LogP contribution in [0.1, 0.15) is 18.1 Å². The van der Waals surface area contributed by atoms with Crippen molar-refractivity contribution >= 4 is 39.1 Å². The molecule has 3 aromatic rings. The molecular formula is C23H24N2O3S2. The summed E-state index contributed by atoms with van der Waals surface area (Å²) in [6.45, 7) is 5.84. The van der Waals surface area contributed by atoms with E-state index in [1.165, 1.54) is 11.8 Å². The number of benzene rings is 3. The van der Waals surface area contributed by atoms with Crippen LogP contribution < -0.4 is 10.0 Å². The van der Waals surface area contributed by atoms with Gasteiger partial charge < -0.3 is 5.32 Å². The van der Waals surface area contributed by atoms with Crippen molar-refractivity contribution in [1.82, 2.24) is 0 Å². The van der Waals surface area contributed by atoms with Crippen LogP contribution in [0.15, 0.2) is 82.6 Å². The van der Waals surface area contributed by atoms with Gasteiger partial charge in [0, 0.05) is 16.3 Å². The Morgan fingerprint density at radius 3 is 2.23 bits per heavy atom. The van der Waals surface area contributed by atoms with Crippen LogP contribution in [0.25, 0.3) is 0 Å². The maximum Gasteiger partial charge on any atom is 0.261 e. The molecule has 5 nitrogen and oxygen atoms in total. The molecule has 0 aromatic heterocycles. The topological polar surface area (TPSA) is 75.3 Å². The van der Waals surface area contributed by atoms with E-state index in [2.05, 4.69) is 10.0 Å². The third-order valence-electron chi connectivity index (χ3n) is 4.70. The lowest BCUT2D eigenvalue weighted by Crippen LogP contribution is -2.22. The second-order valence-corrected chi connectivity index (χ2v) is 10.0. The number of hydrogen-bond acceptors (Lipinski definition) is 4. The Kier molecular flexibility index (Phi) is 6.84. The smallest absolute Gasteiger partial charge is 0.261 e. The van der Waals surface area contributed by atoms with Crippen molar-refractivity contribution in [1.29, 1.82) is 0 Å². The maximum absolute atomic E-state index is 12.6. The van der Waals surface area contributed by atoms with Crippen LogP contribution >= 0.6 is 11.8 Å². The lowest BCUT2D eigenvalue weighted by Gasteiger charge is -2.15. The molecule has 0 radical (unpaired) electrons. The minimum Gasteiger partial charge on any atom is -0.325 e. The van der Waals surface area contributed by atoms with Crippen molar-refractivity contribution < 1.29 is 13.2 Å². The van der Waals surface area contributed by atoms with Gasteiger partial charge in [-0.2, -0.15) is 0 Å². The predicted octanol–water partition coefficient (Wildman–Crippen LogP) is 5.22. The van der Waals surface area contributed by atoms with Gasteiger partial charge in [0.15, 0.2) is 0 Å². The molecule has 0 saturated heterocycles. The minimum absolute atomic E-state index is 0.0810. The minimum atomic E-state index is -3.63. The van der Waals surface area contributed by atoms with Crippen LogP contribution in [0.5, 0.6) is 0 Å². The summed E-state index contributed by atoms with van der Waals surface area (Å²) in [6.07, 6.45) is 0. The van der Waals surface area contributed by atoms with Gasteiger partial charge in [-0.3, -0.25) is 9.52 Å². The molecule has 0 aliphatic heterocycles. The van der Waals surface area contributed by atoms with E-state index in [1.54, 1.807) is 54.6 Å². The Balaban J connectivity index is 1.62. The summed E-state index contributed by atoms with van der Waals surface area (Å²) >= 11 is 1.41. The monoisotopic (exact) mass is 440 g/mol. The second-order valence-electron chi connectivity index (χ2n) is 6.94. The van der Waals surface area contributed by atoms with Gasteiger partial charge in [0.1, 0.15) is 0 Å². The van der Waals surface area contributed by atoms with Gasteiger partial charge in [0.2, 0.25) is 5.91 Å². The molecule has 0 aliphatic rings. The van der Waals surface area contributed by atoms with Gasteiger partial charge in [-0.15, -0.1) is 11.8 Å². The van der Waals surface area contributed by atoms with E-state index in [0.717, 1.165) is 21.7 Å².